The van der Waals surface area contributed by atoms with E-state index in [0.29, 0.717) is 16.5 Å². The van der Waals surface area contributed by atoms with E-state index in [0.717, 1.165) is 10.5 Å². The number of nitrogens with one attached hydrogen (secondary N) is 1. The van der Waals surface area contributed by atoms with Crippen LogP contribution in [-0.4, -0.2) is 28.4 Å². The van der Waals surface area contributed by atoms with Gasteiger partial charge in [-0.15, -0.1) is 0 Å². The maximum absolute atomic E-state index is 14.3. The zero-order valence-corrected chi connectivity index (χ0v) is 15.2. The average Bonchev–Trinajstić information content (AvgIpc) is 3.18. The summed E-state index contributed by atoms with van der Waals surface area (Å²) in [5.41, 5.74) is 0.485. The first kappa shape index (κ1) is 18.4. The van der Waals surface area contributed by atoms with Gasteiger partial charge >= 0.3 is 6.09 Å². The van der Waals surface area contributed by atoms with Gasteiger partial charge in [0, 0.05) is 29.1 Å². The Balaban J connectivity index is 1.65. The molecule has 3 aromatic rings. The topological polar surface area (TPSA) is 45.3 Å². The molecular formula is C21H19F3N2O2. The van der Waals surface area contributed by atoms with Gasteiger partial charge < -0.3 is 9.72 Å². The summed E-state index contributed by atoms with van der Waals surface area (Å²) in [5, 5.41) is 0.599. The first-order valence-electron chi connectivity index (χ1n) is 8.92. The van der Waals surface area contributed by atoms with E-state index < -0.39 is 36.3 Å². The van der Waals surface area contributed by atoms with Crippen molar-refractivity contribution in [3.05, 3.63) is 71.7 Å². The van der Waals surface area contributed by atoms with Crippen LogP contribution in [0.2, 0.25) is 0 Å². The number of hydrogen-bond acceptors (Lipinski definition) is 2. The summed E-state index contributed by atoms with van der Waals surface area (Å²) in [4.78, 5) is 16.7. The second-order valence-electron chi connectivity index (χ2n) is 7.33. The molecule has 0 aliphatic carbocycles. The summed E-state index contributed by atoms with van der Waals surface area (Å²) >= 11 is 0. The third-order valence-corrected chi connectivity index (χ3v) is 5.24. The van der Waals surface area contributed by atoms with Crippen molar-refractivity contribution in [2.75, 3.05) is 6.54 Å². The van der Waals surface area contributed by atoms with E-state index in [1.807, 2.05) is 18.2 Å². The van der Waals surface area contributed by atoms with Crippen molar-refractivity contribution >= 4 is 17.0 Å². The Labute approximate surface area is 159 Å². The monoisotopic (exact) mass is 388 g/mol. The highest BCUT2D eigenvalue weighted by Crippen LogP contribution is 2.48. The predicted octanol–water partition coefficient (Wildman–Crippen LogP) is 5.20. The van der Waals surface area contributed by atoms with E-state index in [9.17, 15) is 18.0 Å². The molecule has 1 amide bonds. The predicted molar refractivity (Wildman–Crippen MR) is 98.5 cm³/mol. The molecule has 1 atom stereocenters. The number of H-pyrrole nitrogens is 1. The molecule has 1 aliphatic heterocycles. The second kappa shape index (κ2) is 6.58. The zero-order valence-electron chi connectivity index (χ0n) is 15.2. The normalized spacial score (nSPS) is 21.2. The van der Waals surface area contributed by atoms with Gasteiger partial charge in [0.05, 0.1) is 12.1 Å². The Morgan fingerprint density at radius 1 is 1.21 bits per heavy atom. The smallest absolute Gasteiger partial charge is 0.411 e. The molecule has 1 N–H and O–H groups in total. The lowest BCUT2D eigenvalue weighted by molar-refractivity contribution is 0.00988. The Bertz CT molecular complexity index is 1020. The van der Waals surface area contributed by atoms with Gasteiger partial charge in [0.15, 0.2) is 0 Å². The summed E-state index contributed by atoms with van der Waals surface area (Å²) < 4.78 is 47.5. The van der Waals surface area contributed by atoms with Crippen molar-refractivity contribution in [3.63, 3.8) is 0 Å². The number of aromatic nitrogens is 1. The maximum atomic E-state index is 14.3. The fourth-order valence-corrected chi connectivity index (χ4v) is 3.91. The number of carbonyl (C=O) groups is 1. The van der Waals surface area contributed by atoms with E-state index in [1.54, 1.807) is 25.3 Å². The van der Waals surface area contributed by atoms with Crippen LogP contribution in [0.25, 0.3) is 10.9 Å². The molecule has 146 valence electrons. The summed E-state index contributed by atoms with van der Waals surface area (Å²) in [5.74, 6) is -3.48. The highest BCUT2D eigenvalue weighted by molar-refractivity contribution is 5.85. The number of hydrogen-bond donors (Lipinski definition) is 1. The van der Waals surface area contributed by atoms with Crippen LogP contribution in [0.15, 0.2) is 54.7 Å². The van der Waals surface area contributed by atoms with Crippen LogP contribution < -0.4 is 0 Å². The molecule has 0 unspecified atom stereocenters. The third-order valence-electron chi connectivity index (χ3n) is 5.24. The van der Waals surface area contributed by atoms with Crippen molar-refractivity contribution in [1.29, 1.82) is 0 Å². The van der Waals surface area contributed by atoms with Crippen LogP contribution in [0.3, 0.4) is 0 Å². The average molecular weight is 388 g/mol. The number of benzene rings is 2. The molecule has 0 bridgehead atoms. The van der Waals surface area contributed by atoms with Gasteiger partial charge in [0.2, 0.25) is 0 Å². The minimum absolute atomic E-state index is 0.00305. The molecule has 4 rings (SSSR count). The molecule has 2 aromatic carbocycles. The van der Waals surface area contributed by atoms with Crippen LogP contribution >= 0.6 is 0 Å². The Kier molecular flexibility index (Phi) is 4.33. The number of nitrogens with zero attached hydrogens (tertiary/aromatic N) is 1. The number of rotatable bonds is 3. The maximum Gasteiger partial charge on any atom is 0.411 e. The SMILES string of the molecule is C[C@]1(c2c[nH]c3cc(F)ccc23)CC(F)(F)CN1C(=O)OCc1ccccc1. The minimum atomic E-state index is -3.05. The highest BCUT2D eigenvalue weighted by Gasteiger charge is 2.56. The molecular weight excluding hydrogens is 369 g/mol. The van der Waals surface area contributed by atoms with Crippen LogP contribution in [0.5, 0.6) is 0 Å². The molecule has 1 aliphatic rings. The van der Waals surface area contributed by atoms with Gasteiger partial charge in [0.25, 0.3) is 5.92 Å². The molecule has 2 heterocycles. The summed E-state index contributed by atoms with van der Waals surface area (Å²) in [6.45, 7) is 0.853. The van der Waals surface area contributed by atoms with Crippen molar-refractivity contribution in [2.45, 2.75) is 31.4 Å². The highest BCUT2D eigenvalue weighted by atomic mass is 19.3. The van der Waals surface area contributed by atoms with Crippen molar-refractivity contribution in [2.24, 2.45) is 0 Å². The third kappa shape index (κ3) is 3.21. The van der Waals surface area contributed by atoms with E-state index in [1.165, 1.54) is 18.2 Å². The fraction of sp³-hybridized carbons (Fsp3) is 0.286. The number of carbonyl (C=O) groups excluding carboxylic acids is 1. The first-order valence-corrected chi connectivity index (χ1v) is 8.92. The van der Waals surface area contributed by atoms with Crippen molar-refractivity contribution in [3.8, 4) is 0 Å². The largest absolute Gasteiger partial charge is 0.445 e. The van der Waals surface area contributed by atoms with Crippen LogP contribution in [0, 0.1) is 5.82 Å². The lowest BCUT2D eigenvalue weighted by Gasteiger charge is -2.33. The molecule has 28 heavy (non-hydrogen) atoms. The van der Waals surface area contributed by atoms with Gasteiger partial charge in [-0.2, -0.15) is 0 Å². The summed E-state index contributed by atoms with van der Waals surface area (Å²) in [6.07, 6.45) is 0.216. The van der Waals surface area contributed by atoms with Crippen molar-refractivity contribution < 1.29 is 22.7 Å². The molecule has 1 saturated heterocycles. The number of alkyl halides is 2. The number of halogens is 3. The van der Waals surface area contributed by atoms with Gasteiger partial charge in [0.1, 0.15) is 12.4 Å². The first-order chi connectivity index (χ1) is 13.3. The van der Waals surface area contributed by atoms with Gasteiger partial charge in [-0.3, -0.25) is 4.90 Å². The standard InChI is InChI=1S/C21H19F3N2O2/c1-20(17-10-25-18-9-15(22)7-8-16(17)18)12-21(23,24)13-26(20)19(27)28-11-14-5-3-2-4-6-14/h2-10,25H,11-13H2,1H3/t20-/m1/s1. The minimum Gasteiger partial charge on any atom is -0.445 e. The summed E-state index contributed by atoms with van der Waals surface area (Å²) in [7, 11) is 0. The fourth-order valence-electron chi connectivity index (χ4n) is 3.91. The van der Waals surface area contributed by atoms with Crippen LogP contribution in [-0.2, 0) is 16.9 Å². The lowest BCUT2D eigenvalue weighted by atomic mass is 9.88. The molecule has 1 fully saturated rings. The molecule has 0 radical (unpaired) electrons. The van der Waals surface area contributed by atoms with E-state index in [4.69, 9.17) is 4.74 Å². The molecule has 7 heteroatoms. The van der Waals surface area contributed by atoms with Gasteiger partial charge in [-0.1, -0.05) is 30.3 Å². The molecule has 0 spiro atoms. The Hall–Kier alpha value is -2.96. The molecule has 1 aromatic heterocycles. The zero-order chi connectivity index (χ0) is 19.9. The molecule has 0 saturated carbocycles. The number of aromatic amines is 1. The van der Waals surface area contributed by atoms with Gasteiger partial charge in [-0.25, -0.2) is 18.0 Å². The second-order valence-corrected chi connectivity index (χ2v) is 7.33. The number of fused-ring (bicyclic) bond motifs is 1. The van der Waals surface area contributed by atoms with E-state index >= 15 is 0 Å². The lowest BCUT2D eigenvalue weighted by Crippen LogP contribution is -2.43. The Morgan fingerprint density at radius 2 is 1.96 bits per heavy atom. The van der Waals surface area contributed by atoms with Crippen LogP contribution in [0.4, 0.5) is 18.0 Å². The van der Waals surface area contributed by atoms with Gasteiger partial charge in [-0.05, 0) is 30.7 Å². The van der Waals surface area contributed by atoms with E-state index in [2.05, 4.69) is 4.98 Å². The number of ether oxygens (including phenoxy) is 1. The Morgan fingerprint density at radius 3 is 2.71 bits per heavy atom. The number of amides is 1. The quantitative estimate of drug-likeness (QED) is 0.670. The van der Waals surface area contributed by atoms with Crippen molar-refractivity contribution in [1.82, 2.24) is 9.88 Å². The van der Waals surface area contributed by atoms with E-state index in [-0.39, 0.29) is 6.61 Å². The van der Waals surface area contributed by atoms with Crippen LogP contribution in [0.1, 0.15) is 24.5 Å². The number of likely N-dealkylation sites (tertiary alicyclic amines) is 1. The summed E-state index contributed by atoms with van der Waals surface area (Å²) in [6, 6.07) is 13.1. The molecule has 4 nitrogen and oxygen atoms in total.